The highest BCUT2D eigenvalue weighted by Gasteiger charge is 2.16. The molecule has 5 heterocycles. The van der Waals surface area contributed by atoms with Gasteiger partial charge in [0.15, 0.2) is 11.5 Å². The molecule has 6 aromatic rings. The standard InChI is InChI=1S/C27H24N8O/c1-2-4-23(36)31-19-11-18(14-29-15-19)16-6-7-22-21(12-16)25(35-34-22)27-32-24-20(8-10-30-26(24)33-27)17-5-3-9-28-13-17/h3,5-15,23,31,36H,2,4H2,1H3,(H,34,35)(H,30,32,33). The summed E-state index contributed by atoms with van der Waals surface area (Å²) >= 11 is 0. The van der Waals surface area contributed by atoms with Crippen molar-refractivity contribution in [3.05, 3.63) is 73.4 Å². The third-order valence-electron chi connectivity index (χ3n) is 6.12. The van der Waals surface area contributed by atoms with E-state index in [2.05, 4.69) is 41.5 Å². The second kappa shape index (κ2) is 9.20. The number of aromatic amines is 2. The zero-order chi connectivity index (χ0) is 24.5. The third kappa shape index (κ3) is 4.05. The van der Waals surface area contributed by atoms with Gasteiger partial charge in [-0.3, -0.25) is 15.1 Å². The molecule has 0 saturated heterocycles. The molecule has 36 heavy (non-hydrogen) atoms. The minimum atomic E-state index is -0.603. The Balaban J connectivity index is 1.40. The van der Waals surface area contributed by atoms with Crippen molar-refractivity contribution in [2.45, 2.75) is 26.0 Å². The summed E-state index contributed by atoms with van der Waals surface area (Å²) in [7, 11) is 0. The molecule has 0 radical (unpaired) electrons. The molecule has 0 fully saturated rings. The highest BCUT2D eigenvalue weighted by atomic mass is 16.3. The maximum absolute atomic E-state index is 10.1. The number of aliphatic hydroxyl groups excluding tert-OH is 1. The molecular formula is C27H24N8O. The molecule has 178 valence electrons. The number of anilines is 1. The highest BCUT2D eigenvalue weighted by Crippen LogP contribution is 2.32. The van der Waals surface area contributed by atoms with Gasteiger partial charge in [0.1, 0.15) is 11.9 Å². The Labute approximate surface area is 206 Å². The van der Waals surface area contributed by atoms with E-state index in [1.165, 1.54) is 0 Å². The molecule has 0 bridgehead atoms. The highest BCUT2D eigenvalue weighted by molar-refractivity contribution is 5.97. The smallest absolute Gasteiger partial charge is 0.178 e. The molecule has 9 heteroatoms. The van der Waals surface area contributed by atoms with Gasteiger partial charge in [-0.25, -0.2) is 9.97 Å². The summed E-state index contributed by atoms with van der Waals surface area (Å²) in [4.78, 5) is 21.2. The zero-order valence-electron chi connectivity index (χ0n) is 19.6. The van der Waals surface area contributed by atoms with E-state index in [-0.39, 0.29) is 0 Å². The zero-order valence-corrected chi connectivity index (χ0v) is 19.6. The van der Waals surface area contributed by atoms with Crippen LogP contribution in [0.1, 0.15) is 19.8 Å². The molecule has 0 amide bonds. The number of hydrogen-bond donors (Lipinski definition) is 4. The predicted molar refractivity (Wildman–Crippen MR) is 140 cm³/mol. The maximum Gasteiger partial charge on any atom is 0.178 e. The molecule has 1 atom stereocenters. The van der Waals surface area contributed by atoms with Gasteiger partial charge in [0.05, 0.1) is 22.9 Å². The fourth-order valence-electron chi connectivity index (χ4n) is 4.37. The monoisotopic (exact) mass is 476 g/mol. The van der Waals surface area contributed by atoms with Crippen LogP contribution in [-0.4, -0.2) is 46.5 Å². The van der Waals surface area contributed by atoms with E-state index in [0.717, 1.165) is 50.8 Å². The number of benzene rings is 1. The number of imidazole rings is 1. The first kappa shape index (κ1) is 21.9. The van der Waals surface area contributed by atoms with E-state index >= 15 is 0 Å². The number of nitrogens with zero attached hydrogens (tertiary/aromatic N) is 5. The molecule has 1 unspecified atom stereocenters. The van der Waals surface area contributed by atoms with Crippen LogP contribution in [0.2, 0.25) is 0 Å². The number of hydrogen-bond acceptors (Lipinski definition) is 7. The minimum Gasteiger partial charge on any atom is -0.374 e. The number of H-pyrrole nitrogens is 2. The average molecular weight is 477 g/mol. The van der Waals surface area contributed by atoms with Gasteiger partial charge in [-0.05, 0) is 42.3 Å². The largest absolute Gasteiger partial charge is 0.374 e. The Bertz CT molecular complexity index is 1660. The average Bonchev–Trinajstić information content (AvgIpc) is 3.53. The van der Waals surface area contributed by atoms with E-state index in [1.54, 1.807) is 18.6 Å². The number of aromatic nitrogens is 7. The first-order chi connectivity index (χ1) is 17.7. The fourth-order valence-corrected chi connectivity index (χ4v) is 4.37. The summed E-state index contributed by atoms with van der Waals surface area (Å²) in [6.07, 6.45) is 9.81. The fraction of sp³-hybridized carbons (Fsp3) is 0.148. The molecule has 0 aliphatic heterocycles. The van der Waals surface area contributed by atoms with Crippen molar-refractivity contribution in [1.82, 2.24) is 35.1 Å². The van der Waals surface area contributed by atoms with Gasteiger partial charge in [-0.1, -0.05) is 25.5 Å². The number of fused-ring (bicyclic) bond motifs is 2. The van der Waals surface area contributed by atoms with E-state index < -0.39 is 6.23 Å². The van der Waals surface area contributed by atoms with Crippen molar-refractivity contribution in [1.29, 1.82) is 0 Å². The van der Waals surface area contributed by atoms with Crippen LogP contribution in [0.3, 0.4) is 0 Å². The molecule has 6 rings (SSSR count). The lowest BCUT2D eigenvalue weighted by Gasteiger charge is -2.13. The van der Waals surface area contributed by atoms with E-state index in [0.29, 0.717) is 23.6 Å². The molecule has 1 aromatic carbocycles. The van der Waals surface area contributed by atoms with Crippen LogP contribution >= 0.6 is 0 Å². The SMILES string of the molecule is CCCC(O)Nc1cncc(-c2ccc3[nH]nc(-c4nc5nccc(-c6cccnc6)c5[nH]4)c3c2)c1. The molecule has 0 aliphatic carbocycles. The Kier molecular flexibility index (Phi) is 5.59. The van der Waals surface area contributed by atoms with Crippen molar-refractivity contribution in [2.75, 3.05) is 5.32 Å². The number of pyridine rings is 3. The van der Waals surface area contributed by atoms with Crippen LogP contribution in [0.5, 0.6) is 0 Å². The molecule has 4 N–H and O–H groups in total. The molecule has 0 aliphatic rings. The van der Waals surface area contributed by atoms with Crippen molar-refractivity contribution in [3.8, 4) is 33.8 Å². The molecule has 9 nitrogen and oxygen atoms in total. The van der Waals surface area contributed by atoms with Gasteiger partial charge in [0, 0.05) is 46.9 Å². The topological polar surface area (TPSA) is 128 Å². The van der Waals surface area contributed by atoms with Crippen molar-refractivity contribution in [3.63, 3.8) is 0 Å². The second-order valence-corrected chi connectivity index (χ2v) is 8.63. The van der Waals surface area contributed by atoms with E-state index in [4.69, 9.17) is 4.98 Å². The summed E-state index contributed by atoms with van der Waals surface area (Å²) < 4.78 is 0. The summed E-state index contributed by atoms with van der Waals surface area (Å²) in [5, 5.41) is 21.8. The lowest BCUT2D eigenvalue weighted by atomic mass is 10.0. The summed E-state index contributed by atoms with van der Waals surface area (Å²) in [5.74, 6) is 0.633. The van der Waals surface area contributed by atoms with Gasteiger partial charge in [-0.15, -0.1) is 0 Å². The van der Waals surface area contributed by atoms with Crippen LogP contribution < -0.4 is 5.32 Å². The molecular weight excluding hydrogens is 452 g/mol. The summed E-state index contributed by atoms with van der Waals surface area (Å²) in [6.45, 7) is 2.04. The van der Waals surface area contributed by atoms with Crippen LogP contribution in [0, 0.1) is 0 Å². The molecule has 0 spiro atoms. The van der Waals surface area contributed by atoms with Crippen LogP contribution in [-0.2, 0) is 0 Å². The summed E-state index contributed by atoms with van der Waals surface area (Å²) in [6, 6.07) is 13.9. The first-order valence-electron chi connectivity index (χ1n) is 11.8. The Morgan fingerprint density at radius 2 is 1.89 bits per heavy atom. The van der Waals surface area contributed by atoms with Gasteiger partial charge >= 0.3 is 0 Å². The lowest BCUT2D eigenvalue weighted by molar-refractivity contribution is 0.192. The van der Waals surface area contributed by atoms with Gasteiger partial charge in [0.2, 0.25) is 0 Å². The van der Waals surface area contributed by atoms with Gasteiger partial charge < -0.3 is 15.4 Å². The number of aliphatic hydroxyl groups is 1. The van der Waals surface area contributed by atoms with Crippen molar-refractivity contribution >= 4 is 27.8 Å². The van der Waals surface area contributed by atoms with Crippen LogP contribution in [0.25, 0.3) is 55.8 Å². The first-order valence-corrected chi connectivity index (χ1v) is 11.8. The lowest BCUT2D eigenvalue weighted by Crippen LogP contribution is -2.18. The molecule has 0 saturated carbocycles. The van der Waals surface area contributed by atoms with Gasteiger partial charge in [-0.2, -0.15) is 5.10 Å². The van der Waals surface area contributed by atoms with E-state index in [9.17, 15) is 5.11 Å². The van der Waals surface area contributed by atoms with Crippen molar-refractivity contribution in [2.24, 2.45) is 0 Å². The number of rotatable bonds is 7. The second-order valence-electron chi connectivity index (χ2n) is 8.63. The third-order valence-corrected chi connectivity index (χ3v) is 6.12. The Morgan fingerprint density at radius 3 is 2.75 bits per heavy atom. The van der Waals surface area contributed by atoms with Crippen molar-refractivity contribution < 1.29 is 5.11 Å². The molecule has 5 aromatic heterocycles. The maximum atomic E-state index is 10.1. The Hall–Kier alpha value is -4.63. The number of nitrogens with one attached hydrogen (secondary N) is 3. The quantitative estimate of drug-likeness (QED) is 0.234. The Morgan fingerprint density at radius 1 is 0.972 bits per heavy atom. The normalized spacial score (nSPS) is 12.3. The summed E-state index contributed by atoms with van der Waals surface area (Å²) in [5.41, 5.74) is 7.71. The van der Waals surface area contributed by atoms with Crippen LogP contribution in [0.4, 0.5) is 5.69 Å². The van der Waals surface area contributed by atoms with E-state index in [1.807, 2.05) is 55.7 Å². The van der Waals surface area contributed by atoms with Crippen LogP contribution in [0.15, 0.2) is 73.4 Å². The predicted octanol–water partition coefficient (Wildman–Crippen LogP) is 5.16. The minimum absolute atomic E-state index is 0.603. The van der Waals surface area contributed by atoms with Gasteiger partial charge in [0.25, 0.3) is 0 Å².